The SMILES string of the molecule is CCOC(=O)N[C@H](C(=O)N[C@H](C(=O)O)C(C)C)C(C)C. The summed E-state index contributed by atoms with van der Waals surface area (Å²) in [4.78, 5) is 34.6. The van der Waals surface area contributed by atoms with Crippen LogP contribution in [0.25, 0.3) is 0 Å². The molecule has 0 saturated carbocycles. The van der Waals surface area contributed by atoms with Crippen molar-refractivity contribution in [1.29, 1.82) is 0 Å². The van der Waals surface area contributed by atoms with Crippen LogP contribution in [-0.4, -0.2) is 41.8 Å². The fraction of sp³-hybridized carbons (Fsp3) is 0.769. The normalized spacial score (nSPS) is 13.8. The first-order chi connectivity index (χ1) is 9.20. The minimum atomic E-state index is -1.10. The van der Waals surface area contributed by atoms with Gasteiger partial charge < -0.3 is 20.5 Å². The largest absolute Gasteiger partial charge is 0.480 e. The highest BCUT2D eigenvalue weighted by molar-refractivity contribution is 5.89. The Labute approximate surface area is 119 Å². The Bertz CT molecular complexity index is 355. The van der Waals surface area contributed by atoms with Gasteiger partial charge in [-0.05, 0) is 18.8 Å². The molecule has 20 heavy (non-hydrogen) atoms. The maximum absolute atomic E-state index is 12.1. The molecule has 0 aliphatic rings. The second kappa shape index (κ2) is 8.39. The van der Waals surface area contributed by atoms with Gasteiger partial charge in [-0.25, -0.2) is 9.59 Å². The number of aliphatic carboxylic acids is 1. The molecule has 0 spiro atoms. The maximum atomic E-state index is 12.1. The summed E-state index contributed by atoms with van der Waals surface area (Å²) in [7, 11) is 0. The minimum absolute atomic E-state index is 0.194. The number of carboxylic acids is 1. The Morgan fingerprint density at radius 2 is 1.50 bits per heavy atom. The van der Waals surface area contributed by atoms with Crippen LogP contribution in [0.1, 0.15) is 34.6 Å². The number of rotatable bonds is 7. The molecule has 0 saturated heterocycles. The lowest BCUT2D eigenvalue weighted by Crippen LogP contribution is -2.55. The molecule has 0 heterocycles. The molecule has 116 valence electrons. The Kier molecular flexibility index (Phi) is 7.64. The van der Waals surface area contributed by atoms with Crippen LogP contribution in [0.2, 0.25) is 0 Å². The van der Waals surface area contributed by atoms with E-state index in [1.54, 1.807) is 34.6 Å². The Hall–Kier alpha value is -1.79. The third kappa shape index (κ3) is 5.90. The summed E-state index contributed by atoms with van der Waals surface area (Å²) in [5.41, 5.74) is 0. The molecule has 0 aromatic carbocycles. The van der Waals surface area contributed by atoms with Gasteiger partial charge in [-0.1, -0.05) is 27.7 Å². The van der Waals surface area contributed by atoms with Gasteiger partial charge in [0.25, 0.3) is 0 Å². The first-order valence-corrected chi connectivity index (χ1v) is 6.67. The summed E-state index contributed by atoms with van der Waals surface area (Å²) in [6.45, 7) is 8.75. The van der Waals surface area contributed by atoms with Crippen molar-refractivity contribution in [2.75, 3.05) is 6.61 Å². The number of nitrogens with one attached hydrogen (secondary N) is 2. The Morgan fingerprint density at radius 3 is 1.85 bits per heavy atom. The van der Waals surface area contributed by atoms with E-state index in [9.17, 15) is 14.4 Å². The molecule has 7 nitrogen and oxygen atoms in total. The zero-order valence-corrected chi connectivity index (χ0v) is 12.6. The number of amides is 2. The highest BCUT2D eigenvalue weighted by atomic mass is 16.5. The highest BCUT2D eigenvalue weighted by Gasteiger charge is 2.30. The Morgan fingerprint density at radius 1 is 1.00 bits per heavy atom. The van der Waals surface area contributed by atoms with Crippen LogP contribution in [0.3, 0.4) is 0 Å². The van der Waals surface area contributed by atoms with E-state index in [4.69, 9.17) is 9.84 Å². The summed E-state index contributed by atoms with van der Waals surface area (Å²) >= 11 is 0. The van der Waals surface area contributed by atoms with Crippen molar-refractivity contribution in [3.05, 3.63) is 0 Å². The van der Waals surface area contributed by atoms with E-state index in [0.29, 0.717) is 0 Å². The van der Waals surface area contributed by atoms with Crippen LogP contribution in [0.5, 0.6) is 0 Å². The van der Waals surface area contributed by atoms with E-state index in [-0.39, 0.29) is 18.4 Å². The van der Waals surface area contributed by atoms with Crippen molar-refractivity contribution in [3.63, 3.8) is 0 Å². The lowest BCUT2D eigenvalue weighted by molar-refractivity contribution is -0.143. The molecule has 0 aromatic rings. The third-order valence-corrected chi connectivity index (χ3v) is 2.73. The van der Waals surface area contributed by atoms with E-state index in [1.165, 1.54) is 0 Å². The number of hydrogen-bond acceptors (Lipinski definition) is 4. The van der Waals surface area contributed by atoms with Gasteiger partial charge in [0, 0.05) is 0 Å². The Balaban J connectivity index is 4.80. The second-order valence-corrected chi connectivity index (χ2v) is 5.16. The van der Waals surface area contributed by atoms with Crippen molar-refractivity contribution in [2.24, 2.45) is 11.8 Å². The molecule has 0 fully saturated rings. The smallest absolute Gasteiger partial charge is 0.407 e. The topological polar surface area (TPSA) is 105 Å². The molecule has 0 radical (unpaired) electrons. The van der Waals surface area contributed by atoms with Gasteiger partial charge in [0.1, 0.15) is 12.1 Å². The first-order valence-electron chi connectivity index (χ1n) is 6.67. The van der Waals surface area contributed by atoms with Gasteiger partial charge in [-0.15, -0.1) is 0 Å². The first kappa shape index (κ1) is 18.2. The lowest BCUT2D eigenvalue weighted by Gasteiger charge is -2.25. The summed E-state index contributed by atoms with van der Waals surface area (Å²) in [6.07, 6.45) is -0.697. The zero-order valence-electron chi connectivity index (χ0n) is 12.6. The number of carbonyl (C=O) groups is 3. The van der Waals surface area contributed by atoms with E-state index in [0.717, 1.165) is 0 Å². The summed E-state index contributed by atoms with van der Waals surface area (Å²) < 4.78 is 4.73. The van der Waals surface area contributed by atoms with Crippen LogP contribution in [-0.2, 0) is 14.3 Å². The van der Waals surface area contributed by atoms with Gasteiger partial charge in [-0.2, -0.15) is 0 Å². The number of carbonyl (C=O) groups excluding carboxylic acids is 2. The molecule has 0 aromatic heterocycles. The van der Waals surface area contributed by atoms with Gasteiger partial charge in [0.2, 0.25) is 5.91 Å². The molecule has 0 aliphatic carbocycles. The zero-order chi connectivity index (χ0) is 15.9. The van der Waals surface area contributed by atoms with Crippen LogP contribution >= 0.6 is 0 Å². The van der Waals surface area contributed by atoms with Crippen LogP contribution in [0.15, 0.2) is 0 Å². The predicted molar refractivity (Wildman–Crippen MR) is 73.2 cm³/mol. The van der Waals surface area contributed by atoms with Crippen LogP contribution < -0.4 is 10.6 Å². The molecule has 0 aliphatic heterocycles. The van der Waals surface area contributed by atoms with Crippen molar-refractivity contribution < 1.29 is 24.2 Å². The van der Waals surface area contributed by atoms with Crippen molar-refractivity contribution >= 4 is 18.0 Å². The van der Waals surface area contributed by atoms with E-state index < -0.39 is 30.1 Å². The van der Waals surface area contributed by atoms with E-state index >= 15 is 0 Å². The molecular weight excluding hydrogens is 264 g/mol. The summed E-state index contributed by atoms with van der Waals surface area (Å²) in [5, 5.41) is 13.9. The van der Waals surface area contributed by atoms with Crippen molar-refractivity contribution in [1.82, 2.24) is 10.6 Å². The molecule has 2 atom stereocenters. The second-order valence-electron chi connectivity index (χ2n) is 5.16. The number of ether oxygens (including phenoxy) is 1. The highest BCUT2D eigenvalue weighted by Crippen LogP contribution is 2.06. The van der Waals surface area contributed by atoms with Crippen LogP contribution in [0, 0.1) is 11.8 Å². The average Bonchev–Trinajstić information content (AvgIpc) is 2.31. The quantitative estimate of drug-likeness (QED) is 0.647. The molecule has 0 bridgehead atoms. The molecule has 3 N–H and O–H groups in total. The minimum Gasteiger partial charge on any atom is -0.480 e. The average molecular weight is 288 g/mol. The number of alkyl carbamates (subject to hydrolysis) is 1. The molecule has 2 amide bonds. The van der Waals surface area contributed by atoms with Crippen molar-refractivity contribution in [2.45, 2.75) is 46.7 Å². The molecule has 0 unspecified atom stereocenters. The fourth-order valence-electron chi connectivity index (χ4n) is 1.59. The number of hydrogen-bond donors (Lipinski definition) is 3. The predicted octanol–water partition coefficient (Wildman–Crippen LogP) is 0.982. The fourth-order valence-corrected chi connectivity index (χ4v) is 1.59. The third-order valence-electron chi connectivity index (χ3n) is 2.73. The van der Waals surface area contributed by atoms with Gasteiger partial charge in [0.15, 0.2) is 0 Å². The van der Waals surface area contributed by atoms with Crippen molar-refractivity contribution in [3.8, 4) is 0 Å². The van der Waals surface area contributed by atoms with Crippen LogP contribution in [0.4, 0.5) is 4.79 Å². The molecular formula is C13H24N2O5. The molecule has 0 rings (SSSR count). The summed E-state index contributed by atoms with van der Waals surface area (Å²) in [6, 6.07) is -1.83. The lowest BCUT2D eigenvalue weighted by atomic mass is 10.0. The van der Waals surface area contributed by atoms with E-state index in [1.807, 2.05) is 0 Å². The summed E-state index contributed by atoms with van der Waals surface area (Å²) in [5.74, 6) is -2.09. The van der Waals surface area contributed by atoms with E-state index in [2.05, 4.69) is 10.6 Å². The monoisotopic (exact) mass is 288 g/mol. The van der Waals surface area contributed by atoms with Gasteiger partial charge in [0.05, 0.1) is 6.61 Å². The van der Waals surface area contributed by atoms with Gasteiger partial charge >= 0.3 is 12.1 Å². The maximum Gasteiger partial charge on any atom is 0.407 e. The number of carboxylic acid groups (broad SMARTS) is 1. The molecule has 7 heteroatoms. The standard InChI is InChI=1S/C13H24N2O5/c1-6-20-13(19)15-9(7(2)3)11(16)14-10(8(4)5)12(17)18/h7-10H,6H2,1-5H3,(H,14,16)(H,15,19)(H,17,18)/t9-,10-/m0/s1. The van der Waals surface area contributed by atoms with Gasteiger partial charge in [-0.3, -0.25) is 4.79 Å².